The van der Waals surface area contributed by atoms with Crippen molar-refractivity contribution < 1.29 is 26.4 Å². The van der Waals surface area contributed by atoms with Gasteiger partial charge in [-0.1, -0.05) is 18.2 Å². The van der Waals surface area contributed by atoms with Crippen LogP contribution in [0.5, 0.6) is 0 Å². The molecule has 2 aliphatic rings. The van der Waals surface area contributed by atoms with E-state index in [2.05, 4.69) is 10.6 Å². The number of nitrogens with zero attached hydrogens (tertiary/aromatic N) is 2. The predicted octanol–water partition coefficient (Wildman–Crippen LogP) is 3.89. The fourth-order valence-electron chi connectivity index (χ4n) is 4.96. The van der Waals surface area contributed by atoms with E-state index < -0.39 is 20.0 Å². The predicted molar refractivity (Wildman–Crippen MR) is 155 cm³/mol. The Hall–Kier alpha value is -2.62. The van der Waals surface area contributed by atoms with Crippen LogP contribution < -0.4 is 10.6 Å². The third-order valence-corrected chi connectivity index (χ3v) is 13.8. The average molecular weight is 623 g/mol. The molecule has 14 heteroatoms. The summed E-state index contributed by atoms with van der Waals surface area (Å²) in [6.07, 6.45) is 1.70. The van der Waals surface area contributed by atoms with Gasteiger partial charge < -0.3 is 10.6 Å². The third kappa shape index (κ3) is 6.31. The Morgan fingerprint density at radius 3 is 1.40 bits per heavy atom. The smallest absolute Gasteiger partial charge is 0.252 e. The molecule has 0 saturated carbocycles. The molecule has 2 N–H and O–H groups in total. The van der Waals surface area contributed by atoms with Gasteiger partial charge in [-0.2, -0.15) is 8.61 Å². The summed E-state index contributed by atoms with van der Waals surface area (Å²) in [5.74, 6) is -1.00. The molecule has 1 aromatic carbocycles. The lowest BCUT2D eigenvalue weighted by Gasteiger charge is -2.30. The minimum absolute atomic E-state index is 0.184. The molecule has 2 aromatic heterocycles. The first-order valence-corrected chi connectivity index (χ1v) is 17.6. The van der Waals surface area contributed by atoms with E-state index in [4.69, 9.17) is 0 Å². The van der Waals surface area contributed by atoms with Crippen molar-refractivity contribution in [3.8, 4) is 0 Å². The number of nitrogens with one attached hydrogen (secondary N) is 2. The Morgan fingerprint density at radius 2 is 1.05 bits per heavy atom. The van der Waals surface area contributed by atoms with Gasteiger partial charge in [0.2, 0.25) is 11.8 Å². The monoisotopic (exact) mass is 622 g/mol. The Labute approximate surface area is 242 Å². The summed E-state index contributed by atoms with van der Waals surface area (Å²) in [5, 5.41) is 9.24. The van der Waals surface area contributed by atoms with E-state index >= 15 is 0 Å². The molecule has 40 heavy (non-hydrogen) atoms. The second kappa shape index (κ2) is 12.1. The molecule has 0 aliphatic carbocycles. The highest BCUT2D eigenvalue weighted by molar-refractivity contribution is 7.91. The number of piperidine rings is 2. The number of hydrogen-bond acceptors (Lipinski definition) is 8. The van der Waals surface area contributed by atoms with Crippen LogP contribution >= 0.6 is 22.7 Å². The Bertz CT molecular complexity index is 1430. The number of benzene rings is 1. The molecule has 2 amide bonds. The van der Waals surface area contributed by atoms with Gasteiger partial charge in [-0.3, -0.25) is 9.59 Å². The van der Waals surface area contributed by atoms with Gasteiger partial charge >= 0.3 is 0 Å². The largest absolute Gasteiger partial charge is 0.326 e. The molecule has 0 unspecified atom stereocenters. The molecule has 10 nitrogen and oxygen atoms in total. The van der Waals surface area contributed by atoms with Gasteiger partial charge in [0.05, 0.1) is 0 Å². The second-order valence-corrected chi connectivity index (χ2v) is 16.0. The van der Waals surface area contributed by atoms with Crippen LogP contribution in [0.3, 0.4) is 0 Å². The van der Waals surface area contributed by atoms with Crippen molar-refractivity contribution in [2.24, 2.45) is 11.8 Å². The fourth-order valence-corrected chi connectivity index (χ4v) is 10.2. The number of anilines is 2. The molecular formula is C26H30N4O6S4. The lowest BCUT2D eigenvalue weighted by atomic mass is 9.97. The number of hydrogen-bond donors (Lipinski definition) is 2. The molecule has 5 rings (SSSR count). The fraction of sp³-hybridized carbons (Fsp3) is 0.385. The van der Waals surface area contributed by atoms with Crippen molar-refractivity contribution in [3.05, 3.63) is 59.3 Å². The van der Waals surface area contributed by atoms with Crippen molar-refractivity contribution >= 4 is 65.9 Å². The molecular weight excluding hydrogens is 593 g/mol. The molecule has 3 aromatic rings. The van der Waals surface area contributed by atoms with Crippen LogP contribution in [0.1, 0.15) is 25.7 Å². The first kappa shape index (κ1) is 28.9. The summed E-state index contributed by atoms with van der Waals surface area (Å²) in [5.41, 5.74) is 1.07. The van der Waals surface area contributed by atoms with E-state index in [9.17, 15) is 26.4 Å². The van der Waals surface area contributed by atoms with Gasteiger partial charge in [0.15, 0.2) is 0 Å². The molecule has 214 valence electrons. The van der Waals surface area contributed by atoms with Crippen molar-refractivity contribution in [2.45, 2.75) is 34.1 Å². The Kier molecular flexibility index (Phi) is 8.73. The highest BCUT2D eigenvalue weighted by atomic mass is 32.3. The van der Waals surface area contributed by atoms with Crippen LogP contribution in [0, 0.1) is 11.8 Å². The molecule has 2 fully saturated rings. The van der Waals surface area contributed by atoms with E-state index in [0.717, 1.165) is 0 Å². The maximum absolute atomic E-state index is 12.9. The lowest BCUT2D eigenvalue weighted by Crippen LogP contribution is -2.41. The van der Waals surface area contributed by atoms with Gasteiger partial charge in [-0.05, 0) is 66.8 Å². The van der Waals surface area contributed by atoms with Crippen LogP contribution in [0.4, 0.5) is 11.4 Å². The first-order chi connectivity index (χ1) is 19.1. The maximum Gasteiger partial charge on any atom is 0.252 e. The number of amides is 2. The van der Waals surface area contributed by atoms with Crippen LogP contribution in [-0.4, -0.2) is 63.4 Å². The standard InChI is InChI=1S/C26H30N4O6S4/c31-25(19-8-12-29(13-9-19)39(33,34)23-6-2-16-37-23)27-21-4-1-5-22(18-21)28-26(32)20-10-14-30(15-11-20)40(35,36)24-7-3-17-38-24/h1-7,16-20H,8-15H2,(H,27,31)(H,28,32). The van der Waals surface area contributed by atoms with Crippen LogP contribution in [0.25, 0.3) is 0 Å². The number of thiophene rings is 2. The van der Waals surface area contributed by atoms with E-state index in [0.29, 0.717) is 45.5 Å². The first-order valence-electron chi connectivity index (χ1n) is 12.9. The van der Waals surface area contributed by atoms with E-state index in [1.54, 1.807) is 59.3 Å². The second-order valence-electron chi connectivity index (χ2n) is 9.78. The molecule has 0 bridgehead atoms. The summed E-state index contributed by atoms with van der Waals surface area (Å²) in [7, 11) is -7.05. The zero-order chi connectivity index (χ0) is 28.3. The quantitative estimate of drug-likeness (QED) is 0.392. The normalized spacial score (nSPS) is 18.4. The molecule has 0 radical (unpaired) electrons. The van der Waals surface area contributed by atoms with Crippen LogP contribution in [0.15, 0.2) is 67.7 Å². The van der Waals surface area contributed by atoms with Crippen molar-refractivity contribution in [2.75, 3.05) is 36.8 Å². The third-order valence-electron chi connectivity index (χ3n) is 7.23. The topological polar surface area (TPSA) is 133 Å². The van der Waals surface area contributed by atoms with Gasteiger partial charge in [0, 0.05) is 49.4 Å². The number of carbonyl (C=O) groups is 2. The van der Waals surface area contributed by atoms with Gasteiger partial charge in [0.1, 0.15) is 8.42 Å². The van der Waals surface area contributed by atoms with Crippen molar-refractivity contribution in [1.82, 2.24) is 8.61 Å². The molecule has 4 heterocycles. The van der Waals surface area contributed by atoms with E-state index in [1.165, 1.54) is 31.3 Å². The summed E-state index contributed by atoms with van der Waals surface area (Å²) in [6.45, 7) is 1.12. The molecule has 2 saturated heterocycles. The Balaban J connectivity index is 1.11. The molecule has 0 spiro atoms. The van der Waals surface area contributed by atoms with Crippen LogP contribution in [-0.2, 0) is 29.6 Å². The van der Waals surface area contributed by atoms with E-state index in [-0.39, 0.29) is 49.8 Å². The van der Waals surface area contributed by atoms with Gasteiger partial charge in [-0.25, -0.2) is 16.8 Å². The minimum atomic E-state index is -3.53. The summed E-state index contributed by atoms with van der Waals surface area (Å²) in [6, 6.07) is 13.5. The lowest BCUT2D eigenvalue weighted by molar-refractivity contribution is -0.121. The molecule has 0 atom stereocenters. The molecule has 2 aliphatic heterocycles. The highest BCUT2D eigenvalue weighted by Gasteiger charge is 2.34. The van der Waals surface area contributed by atoms with Crippen molar-refractivity contribution in [1.29, 1.82) is 0 Å². The SMILES string of the molecule is O=C(Nc1cccc(NC(=O)C2CCN(S(=O)(=O)c3cccs3)CC2)c1)C1CCN(S(=O)(=O)c2cccs2)CC1. The van der Waals surface area contributed by atoms with Gasteiger partial charge in [-0.15, -0.1) is 22.7 Å². The summed E-state index contributed by atoms with van der Waals surface area (Å²) >= 11 is 2.36. The van der Waals surface area contributed by atoms with Gasteiger partial charge in [0.25, 0.3) is 20.0 Å². The minimum Gasteiger partial charge on any atom is -0.326 e. The maximum atomic E-state index is 12.9. The zero-order valence-electron chi connectivity index (χ0n) is 21.6. The van der Waals surface area contributed by atoms with E-state index in [1.807, 2.05) is 0 Å². The summed E-state index contributed by atoms with van der Waals surface area (Å²) in [4.78, 5) is 25.8. The Morgan fingerprint density at radius 1 is 0.650 bits per heavy atom. The summed E-state index contributed by atoms with van der Waals surface area (Å²) < 4.78 is 54.4. The number of carbonyl (C=O) groups excluding carboxylic acids is 2. The van der Waals surface area contributed by atoms with Crippen LogP contribution in [0.2, 0.25) is 0 Å². The highest BCUT2D eigenvalue weighted by Crippen LogP contribution is 2.29. The average Bonchev–Trinajstić information content (AvgIpc) is 3.69. The zero-order valence-corrected chi connectivity index (χ0v) is 24.8. The number of rotatable bonds is 8. The van der Waals surface area contributed by atoms with Crippen molar-refractivity contribution in [3.63, 3.8) is 0 Å². The number of sulfonamides is 2.